The molecule has 1 unspecified atom stereocenters. The molecule has 7 heteroatoms. The summed E-state index contributed by atoms with van der Waals surface area (Å²) < 4.78 is 0. The summed E-state index contributed by atoms with van der Waals surface area (Å²) in [5, 5.41) is 9.22. The van der Waals surface area contributed by atoms with E-state index in [0.717, 1.165) is 12.8 Å². The van der Waals surface area contributed by atoms with E-state index >= 15 is 0 Å². The summed E-state index contributed by atoms with van der Waals surface area (Å²) in [6, 6.07) is -0.541. The highest BCUT2D eigenvalue weighted by atomic mass is 16.4. The van der Waals surface area contributed by atoms with E-state index in [9.17, 15) is 19.5 Å². The number of piperazine rings is 1. The van der Waals surface area contributed by atoms with Crippen LogP contribution in [0.25, 0.3) is 0 Å². The second-order valence-corrected chi connectivity index (χ2v) is 5.71. The summed E-state index contributed by atoms with van der Waals surface area (Å²) in [6.07, 6.45) is 2.45. The molecule has 2 rings (SSSR count). The van der Waals surface area contributed by atoms with E-state index in [0.29, 0.717) is 39.1 Å². The second-order valence-electron chi connectivity index (χ2n) is 5.71. The van der Waals surface area contributed by atoms with Crippen molar-refractivity contribution in [3.63, 3.8) is 0 Å². The van der Waals surface area contributed by atoms with Crippen LogP contribution in [-0.4, -0.2) is 82.9 Å². The van der Waals surface area contributed by atoms with Crippen LogP contribution in [0.15, 0.2) is 0 Å². The predicted molar refractivity (Wildman–Crippen MR) is 75.7 cm³/mol. The van der Waals surface area contributed by atoms with E-state index < -0.39 is 12.0 Å². The number of piperidine rings is 1. The molecule has 2 aliphatic heterocycles. The molecule has 0 aromatic rings. The van der Waals surface area contributed by atoms with Crippen molar-refractivity contribution in [3.8, 4) is 0 Å². The maximum absolute atomic E-state index is 12.3. The van der Waals surface area contributed by atoms with Crippen molar-refractivity contribution in [2.75, 3.05) is 39.3 Å². The summed E-state index contributed by atoms with van der Waals surface area (Å²) in [4.78, 5) is 40.0. The van der Waals surface area contributed by atoms with Crippen molar-refractivity contribution in [1.29, 1.82) is 0 Å². The van der Waals surface area contributed by atoms with Gasteiger partial charge in [0.15, 0.2) is 0 Å². The van der Waals surface area contributed by atoms with Gasteiger partial charge in [0.25, 0.3) is 0 Å². The first-order valence-electron chi connectivity index (χ1n) is 7.49. The van der Waals surface area contributed by atoms with E-state index in [1.165, 1.54) is 6.92 Å². The van der Waals surface area contributed by atoms with Crippen molar-refractivity contribution < 1.29 is 19.5 Å². The Hall–Kier alpha value is -1.63. The Morgan fingerprint density at radius 2 is 1.62 bits per heavy atom. The molecule has 1 atom stereocenters. The maximum Gasteiger partial charge on any atom is 0.320 e. The van der Waals surface area contributed by atoms with Gasteiger partial charge in [-0.3, -0.25) is 19.3 Å². The first-order valence-corrected chi connectivity index (χ1v) is 7.49. The molecule has 0 spiro atoms. The van der Waals surface area contributed by atoms with Crippen molar-refractivity contribution in [2.45, 2.75) is 32.2 Å². The minimum Gasteiger partial charge on any atom is -0.480 e. The highest BCUT2D eigenvalue weighted by molar-refractivity contribution is 5.80. The molecule has 0 aromatic heterocycles. The first kappa shape index (κ1) is 15.8. The molecule has 1 N–H and O–H groups in total. The Kier molecular flexibility index (Phi) is 5.17. The minimum atomic E-state index is -0.844. The Balaban J connectivity index is 1.86. The van der Waals surface area contributed by atoms with Crippen LogP contribution in [-0.2, 0) is 14.4 Å². The van der Waals surface area contributed by atoms with Crippen LogP contribution in [0.3, 0.4) is 0 Å². The molecule has 2 amide bonds. The topological polar surface area (TPSA) is 81.2 Å². The largest absolute Gasteiger partial charge is 0.480 e. The van der Waals surface area contributed by atoms with Crippen LogP contribution in [0.1, 0.15) is 26.2 Å². The van der Waals surface area contributed by atoms with Crippen LogP contribution in [0.5, 0.6) is 0 Å². The predicted octanol–water partition coefficient (Wildman–Crippen LogP) is -0.384. The molecule has 0 aliphatic carbocycles. The number of aliphatic carboxylic acids is 1. The zero-order valence-corrected chi connectivity index (χ0v) is 12.5. The standard InChI is InChI=1S/C14H23N3O4/c1-11(18)15-6-8-16(9-7-15)13(19)10-17-5-3-2-4-12(17)14(20)21/h12H,2-10H2,1H3,(H,20,21). The number of rotatable bonds is 3. The zero-order valence-electron chi connectivity index (χ0n) is 12.5. The van der Waals surface area contributed by atoms with Gasteiger partial charge in [-0.25, -0.2) is 0 Å². The molecule has 0 radical (unpaired) electrons. The molecule has 21 heavy (non-hydrogen) atoms. The second kappa shape index (κ2) is 6.89. The van der Waals surface area contributed by atoms with E-state index in [1.807, 2.05) is 0 Å². The lowest BCUT2D eigenvalue weighted by Crippen LogP contribution is -2.54. The summed E-state index contributed by atoms with van der Waals surface area (Å²) in [5.74, 6) is -0.848. The number of nitrogens with zero attached hydrogens (tertiary/aromatic N) is 3. The molecule has 0 aromatic carbocycles. The molecule has 2 aliphatic rings. The van der Waals surface area contributed by atoms with Gasteiger partial charge in [0.05, 0.1) is 6.54 Å². The number of hydrogen-bond donors (Lipinski definition) is 1. The molecule has 7 nitrogen and oxygen atoms in total. The van der Waals surface area contributed by atoms with Gasteiger partial charge in [-0.1, -0.05) is 6.42 Å². The van der Waals surface area contributed by atoms with E-state index in [2.05, 4.69) is 0 Å². The molecule has 2 heterocycles. The molecular formula is C14H23N3O4. The monoisotopic (exact) mass is 297 g/mol. The fourth-order valence-electron chi connectivity index (χ4n) is 3.00. The van der Waals surface area contributed by atoms with Crippen molar-refractivity contribution in [3.05, 3.63) is 0 Å². The van der Waals surface area contributed by atoms with Gasteiger partial charge in [-0.05, 0) is 19.4 Å². The number of amides is 2. The van der Waals surface area contributed by atoms with Crippen molar-refractivity contribution in [1.82, 2.24) is 14.7 Å². The lowest BCUT2D eigenvalue weighted by Gasteiger charge is -2.37. The number of hydrogen-bond acceptors (Lipinski definition) is 4. The zero-order chi connectivity index (χ0) is 15.4. The summed E-state index contributed by atoms with van der Waals surface area (Å²) in [6.45, 7) is 4.54. The van der Waals surface area contributed by atoms with Crippen LogP contribution >= 0.6 is 0 Å². The van der Waals surface area contributed by atoms with Gasteiger partial charge in [0, 0.05) is 33.1 Å². The lowest BCUT2D eigenvalue weighted by molar-refractivity contribution is -0.147. The van der Waals surface area contributed by atoms with Gasteiger partial charge >= 0.3 is 5.97 Å². The molecule has 118 valence electrons. The first-order chi connectivity index (χ1) is 9.99. The van der Waals surface area contributed by atoms with Gasteiger partial charge in [0.1, 0.15) is 6.04 Å². The third-order valence-electron chi connectivity index (χ3n) is 4.31. The number of carboxylic acids is 1. The molecular weight excluding hydrogens is 274 g/mol. The smallest absolute Gasteiger partial charge is 0.320 e. The molecule has 2 fully saturated rings. The Labute approximate surface area is 124 Å². The number of carboxylic acid groups (broad SMARTS) is 1. The summed E-state index contributed by atoms with van der Waals surface area (Å²) in [7, 11) is 0. The minimum absolute atomic E-state index is 0.0315. The van der Waals surface area contributed by atoms with Crippen LogP contribution in [0.4, 0.5) is 0 Å². The van der Waals surface area contributed by atoms with Crippen LogP contribution < -0.4 is 0 Å². The number of likely N-dealkylation sites (tertiary alicyclic amines) is 1. The van der Waals surface area contributed by atoms with Crippen LogP contribution in [0.2, 0.25) is 0 Å². The molecule has 0 saturated carbocycles. The maximum atomic E-state index is 12.3. The van der Waals surface area contributed by atoms with Crippen LogP contribution in [0, 0.1) is 0 Å². The highest BCUT2D eigenvalue weighted by Crippen LogP contribution is 2.17. The Morgan fingerprint density at radius 3 is 2.19 bits per heavy atom. The highest BCUT2D eigenvalue weighted by Gasteiger charge is 2.31. The molecule has 2 saturated heterocycles. The third-order valence-corrected chi connectivity index (χ3v) is 4.31. The van der Waals surface area contributed by atoms with Crippen molar-refractivity contribution in [2.24, 2.45) is 0 Å². The fraction of sp³-hybridized carbons (Fsp3) is 0.786. The van der Waals surface area contributed by atoms with E-state index in [4.69, 9.17) is 0 Å². The normalized spacial score (nSPS) is 24.0. The fourth-order valence-corrected chi connectivity index (χ4v) is 3.00. The van der Waals surface area contributed by atoms with E-state index in [1.54, 1.807) is 14.7 Å². The summed E-state index contributed by atoms with van der Waals surface area (Å²) in [5.41, 5.74) is 0. The third kappa shape index (κ3) is 3.93. The number of carbonyl (C=O) groups excluding carboxylic acids is 2. The van der Waals surface area contributed by atoms with Crippen molar-refractivity contribution >= 4 is 17.8 Å². The number of carbonyl (C=O) groups is 3. The van der Waals surface area contributed by atoms with Gasteiger partial charge in [0.2, 0.25) is 11.8 Å². The van der Waals surface area contributed by atoms with Gasteiger partial charge < -0.3 is 14.9 Å². The molecule has 0 bridgehead atoms. The van der Waals surface area contributed by atoms with Gasteiger partial charge in [-0.2, -0.15) is 0 Å². The Bertz CT molecular complexity index is 418. The van der Waals surface area contributed by atoms with Gasteiger partial charge in [-0.15, -0.1) is 0 Å². The lowest BCUT2D eigenvalue weighted by atomic mass is 10.0. The Morgan fingerprint density at radius 1 is 1.00 bits per heavy atom. The quantitative estimate of drug-likeness (QED) is 0.768. The average Bonchev–Trinajstić information content (AvgIpc) is 2.47. The van der Waals surface area contributed by atoms with E-state index in [-0.39, 0.29) is 18.4 Å². The average molecular weight is 297 g/mol. The summed E-state index contributed by atoms with van der Waals surface area (Å²) >= 11 is 0. The SMILES string of the molecule is CC(=O)N1CCN(C(=O)CN2CCCCC2C(=O)O)CC1.